The molecular formula is C32H40O16. The summed E-state index contributed by atoms with van der Waals surface area (Å²) in [6.45, 7) is 15.7. The van der Waals surface area contributed by atoms with Gasteiger partial charge in [0.25, 0.3) is 0 Å². The topological polar surface area (TPSA) is 210 Å². The highest BCUT2D eigenvalue weighted by atomic mass is 16.6. The van der Waals surface area contributed by atoms with Crippen LogP contribution in [0.25, 0.3) is 0 Å². The van der Waals surface area contributed by atoms with Gasteiger partial charge in [0.05, 0.1) is 23.7 Å². The molecule has 0 aromatic rings. The molecule has 0 aliphatic heterocycles. The molecule has 1 fully saturated rings. The Morgan fingerprint density at radius 3 is 0.625 bits per heavy atom. The van der Waals surface area contributed by atoms with Gasteiger partial charge in [-0.2, -0.15) is 0 Å². The van der Waals surface area contributed by atoms with Crippen LogP contribution in [0.2, 0.25) is 0 Å². The molecule has 0 heterocycles. The highest BCUT2D eigenvalue weighted by molar-refractivity contribution is 5.98. The molecule has 0 atom stereocenters. The Morgan fingerprint density at radius 2 is 0.479 bits per heavy atom. The van der Waals surface area contributed by atoms with Crippen LogP contribution >= 0.6 is 0 Å². The zero-order valence-electron chi connectivity index (χ0n) is 27.3. The van der Waals surface area contributed by atoms with Crippen molar-refractivity contribution in [3.8, 4) is 0 Å². The fourth-order valence-electron chi connectivity index (χ4n) is 3.91. The van der Waals surface area contributed by atoms with Crippen LogP contribution in [0.4, 0.5) is 0 Å². The average Bonchev–Trinajstić information content (AvgIpc) is 3.00. The Morgan fingerprint density at radius 1 is 0.333 bits per heavy atom. The van der Waals surface area contributed by atoms with E-state index in [2.05, 4.69) is 26.3 Å². The lowest BCUT2D eigenvalue weighted by Crippen LogP contribution is -2.61. The summed E-state index contributed by atoms with van der Waals surface area (Å²) >= 11 is 0. The van der Waals surface area contributed by atoms with E-state index in [0.717, 1.165) is 0 Å². The fraction of sp³-hybridized carbons (Fsp3) is 0.500. The Kier molecular flexibility index (Phi) is 17.0. The quantitative estimate of drug-likeness (QED) is 0.0763. The van der Waals surface area contributed by atoms with Crippen molar-refractivity contribution in [2.75, 3.05) is 52.9 Å². The van der Waals surface area contributed by atoms with E-state index in [9.17, 15) is 38.4 Å². The third-order valence-electron chi connectivity index (χ3n) is 6.27. The van der Waals surface area contributed by atoms with Crippen LogP contribution in [0.1, 0.15) is 27.7 Å². The van der Waals surface area contributed by atoms with Crippen LogP contribution in [0.15, 0.2) is 48.6 Å². The van der Waals surface area contributed by atoms with Crippen molar-refractivity contribution >= 4 is 47.8 Å². The molecule has 1 aliphatic rings. The van der Waals surface area contributed by atoms with Crippen molar-refractivity contribution in [3.05, 3.63) is 48.6 Å². The summed E-state index contributed by atoms with van der Waals surface area (Å²) in [5.74, 6) is -14.2. The number of carbonyl (C=O) groups is 8. The predicted molar refractivity (Wildman–Crippen MR) is 161 cm³/mol. The monoisotopic (exact) mass is 680 g/mol. The molecule has 0 spiro atoms. The van der Waals surface area contributed by atoms with Gasteiger partial charge in [-0.3, -0.25) is 19.2 Å². The third-order valence-corrected chi connectivity index (χ3v) is 6.27. The highest BCUT2D eigenvalue weighted by Crippen LogP contribution is 2.49. The van der Waals surface area contributed by atoms with Gasteiger partial charge in [-0.15, -0.1) is 0 Å². The Bertz CT molecular complexity index is 1120. The number of carbonyl (C=O) groups excluding carboxylic acids is 8. The maximum atomic E-state index is 13.2. The summed E-state index contributed by atoms with van der Waals surface area (Å²) in [5, 5.41) is 0. The SMILES string of the molecule is C=C(C)C(=O)OCCOC(=O)C1C(C(=O)OCCOC(=O)C(=C)C)C(C(=O)OCCOC(=O)C(=C)C)C1C(=O)OCCOC(=O)C(=C)C. The zero-order chi connectivity index (χ0) is 36.6. The lowest BCUT2D eigenvalue weighted by atomic mass is 9.56. The second kappa shape index (κ2) is 20.1. The van der Waals surface area contributed by atoms with Gasteiger partial charge < -0.3 is 37.9 Å². The van der Waals surface area contributed by atoms with Crippen LogP contribution in [0, 0.1) is 23.7 Å². The van der Waals surface area contributed by atoms with Gasteiger partial charge in [0.1, 0.15) is 52.9 Å². The van der Waals surface area contributed by atoms with E-state index in [1.165, 1.54) is 27.7 Å². The molecule has 0 N–H and O–H groups in total. The lowest BCUT2D eigenvalue weighted by molar-refractivity contribution is -0.201. The average molecular weight is 681 g/mol. The first-order chi connectivity index (χ1) is 22.5. The molecule has 0 radical (unpaired) electrons. The largest absolute Gasteiger partial charge is 0.462 e. The molecule has 0 unspecified atom stereocenters. The van der Waals surface area contributed by atoms with Crippen molar-refractivity contribution in [1.29, 1.82) is 0 Å². The van der Waals surface area contributed by atoms with E-state index >= 15 is 0 Å². The van der Waals surface area contributed by atoms with Crippen LogP contribution in [0.5, 0.6) is 0 Å². The van der Waals surface area contributed by atoms with Gasteiger partial charge in [0, 0.05) is 22.3 Å². The summed E-state index contributed by atoms with van der Waals surface area (Å²) in [5.41, 5.74) is 0.350. The molecule has 0 aromatic carbocycles. The lowest BCUT2D eigenvalue weighted by Gasteiger charge is -2.45. The second-order valence-electron chi connectivity index (χ2n) is 10.4. The molecule has 16 nitrogen and oxygen atoms in total. The number of hydrogen-bond donors (Lipinski definition) is 0. The van der Waals surface area contributed by atoms with Gasteiger partial charge in [-0.25, -0.2) is 19.2 Å². The first-order valence-electron chi connectivity index (χ1n) is 14.5. The molecule has 48 heavy (non-hydrogen) atoms. The second-order valence-corrected chi connectivity index (χ2v) is 10.4. The first kappa shape index (κ1) is 40.7. The van der Waals surface area contributed by atoms with Crippen molar-refractivity contribution < 1.29 is 76.3 Å². The van der Waals surface area contributed by atoms with Gasteiger partial charge >= 0.3 is 47.8 Å². The molecule has 0 aromatic heterocycles. The molecule has 264 valence electrons. The van der Waals surface area contributed by atoms with E-state index in [1.807, 2.05) is 0 Å². The summed E-state index contributed by atoms with van der Waals surface area (Å²) in [7, 11) is 0. The van der Waals surface area contributed by atoms with Crippen LogP contribution in [-0.2, 0) is 76.3 Å². The van der Waals surface area contributed by atoms with Crippen molar-refractivity contribution in [2.45, 2.75) is 27.7 Å². The van der Waals surface area contributed by atoms with E-state index in [1.54, 1.807) is 0 Å². The van der Waals surface area contributed by atoms with E-state index in [-0.39, 0.29) is 22.3 Å². The van der Waals surface area contributed by atoms with Gasteiger partial charge in [0.2, 0.25) is 0 Å². The van der Waals surface area contributed by atoms with Crippen molar-refractivity contribution in [3.63, 3.8) is 0 Å². The maximum Gasteiger partial charge on any atom is 0.333 e. The Labute approximate surface area is 276 Å². The van der Waals surface area contributed by atoms with E-state index in [0.29, 0.717) is 0 Å². The molecule has 1 rings (SSSR count). The number of ether oxygens (including phenoxy) is 8. The zero-order valence-corrected chi connectivity index (χ0v) is 27.3. The summed E-state index contributed by atoms with van der Waals surface area (Å²) in [4.78, 5) is 99.4. The molecule has 1 saturated carbocycles. The summed E-state index contributed by atoms with van der Waals surface area (Å²) in [6.07, 6.45) is 0. The van der Waals surface area contributed by atoms with E-state index < -0.39 is 124 Å². The molecular weight excluding hydrogens is 640 g/mol. The number of esters is 8. The standard InChI is InChI=1S/C32H40O16/c1-17(2)25(33)41-9-13-45-29(37)21-22(30(38)46-14-10-42-26(34)18(3)4)24(32(40)48-16-12-44-28(36)20(7)8)23(21)31(39)47-15-11-43-27(35)19(5)6/h21-24H,1,3,5,7,9-16H2,2,4,6,8H3. The molecule has 16 heteroatoms. The van der Waals surface area contributed by atoms with Crippen LogP contribution in [0.3, 0.4) is 0 Å². The summed E-state index contributed by atoms with van der Waals surface area (Å²) in [6, 6.07) is 0. The Balaban J connectivity index is 3.21. The first-order valence-corrected chi connectivity index (χ1v) is 14.5. The van der Waals surface area contributed by atoms with Gasteiger partial charge in [-0.1, -0.05) is 26.3 Å². The predicted octanol–water partition coefficient (Wildman–Crippen LogP) is 1.11. The van der Waals surface area contributed by atoms with Crippen molar-refractivity contribution in [2.24, 2.45) is 23.7 Å². The molecule has 0 bridgehead atoms. The Hall–Kier alpha value is -5.28. The van der Waals surface area contributed by atoms with E-state index in [4.69, 9.17) is 37.9 Å². The minimum absolute atomic E-state index is 0.0875. The fourth-order valence-corrected chi connectivity index (χ4v) is 3.91. The molecule has 0 saturated heterocycles. The van der Waals surface area contributed by atoms with Gasteiger partial charge in [-0.05, 0) is 27.7 Å². The summed E-state index contributed by atoms with van der Waals surface area (Å²) < 4.78 is 40.1. The molecule has 1 aliphatic carbocycles. The minimum atomic E-state index is -1.66. The van der Waals surface area contributed by atoms with Crippen molar-refractivity contribution in [1.82, 2.24) is 0 Å². The normalized spacial score (nSPS) is 17.6. The smallest absolute Gasteiger partial charge is 0.333 e. The van der Waals surface area contributed by atoms with Crippen LogP contribution < -0.4 is 0 Å². The minimum Gasteiger partial charge on any atom is -0.462 e. The number of rotatable bonds is 20. The highest BCUT2D eigenvalue weighted by Gasteiger charge is 2.66. The maximum absolute atomic E-state index is 13.2. The van der Waals surface area contributed by atoms with Crippen LogP contribution in [-0.4, -0.2) is 101 Å². The van der Waals surface area contributed by atoms with Gasteiger partial charge in [0.15, 0.2) is 0 Å². The molecule has 0 amide bonds. The third kappa shape index (κ3) is 12.8. The number of hydrogen-bond acceptors (Lipinski definition) is 16.